The Kier molecular flexibility index (Phi) is 8.78. The molecular weight excluding hydrogens is 454 g/mol. The lowest BCUT2D eigenvalue weighted by molar-refractivity contribution is -0.133. The third-order valence-corrected chi connectivity index (χ3v) is 7.97. The van der Waals surface area contributed by atoms with E-state index >= 15 is 0 Å². The molecule has 2 fully saturated rings. The van der Waals surface area contributed by atoms with Crippen LogP contribution in [0.5, 0.6) is 0 Å². The van der Waals surface area contributed by atoms with E-state index in [9.17, 15) is 14.7 Å². The van der Waals surface area contributed by atoms with Crippen LogP contribution in [0.4, 0.5) is 0 Å². The van der Waals surface area contributed by atoms with Crippen molar-refractivity contribution in [3.8, 4) is 0 Å². The van der Waals surface area contributed by atoms with Crippen LogP contribution in [0.15, 0.2) is 17.2 Å². The van der Waals surface area contributed by atoms with Crippen molar-refractivity contribution in [1.29, 1.82) is 0 Å². The lowest BCUT2D eigenvalue weighted by Crippen LogP contribution is -2.44. The number of likely N-dealkylation sites (N-methyl/N-ethyl adjacent to an activating group) is 1. The number of likely N-dealkylation sites (tertiary alicyclic amines) is 1. The van der Waals surface area contributed by atoms with E-state index in [0.717, 1.165) is 74.7 Å². The van der Waals surface area contributed by atoms with E-state index in [-0.39, 0.29) is 29.5 Å². The molecule has 8 heteroatoms. The van der Waals surface area contributed by atoms with Gasteiger partial charge in [-0.15, -0.1) is 0 Å². The monoisotopic (exact) mass is 497 g/mol. The van der Waals surface area contributed by atoms with Gasteiger partial charge in [0.2, 0.25) is 5.91 Å². The molecule has 1 aliphatic heterocycles. The summed E-state index contributed by atoms with van der Waals surface area (Å²) in [6.45, 7) is 6.16. The summed E-state index contributed by atoms with van der Waals surface area (Å²) in [5.41, 5.74) is 1.88. The van der Waals surface area contributed by atoms with Crippen molar-refractivity contribution >= 4 is 16.8 Å². The van der Waals surface area contributed by atoms with E-state index in [2.05, 4.69) is 25.0 Å². The lowest BCUT2D eigenvalue weighted by Gasteiger charge is -2.34. The number of piperidine rings is 1. The molecule has 1 atom stereocenters. The van der Waals surface area contributed by atoms with Crippen LogP contribution in [0.25, 0.3) is 10.9 Å². The predicted octanol–water partition coefficient (Wildman–Crippen LogP) is 3.51. The molecule has 0 bridgehead atoms. The van der Waals surface area contributed by atoms with Crippen molar-refractivity contribution in [2.45, 2.75) is 89.7 Å². The Morgan fingerprint density at radius 1 is 1.17 bits per heavy atom. The van der Waals surface area contributed by atoms with Crippen LogP contribution in [-0.4, -0.2) is 75.2 Å². The van der Waals surface area contributed by atoms with Gasteiger partial charge in [0.15, 0.2) is 0 Å². The Hall–Kier alpha value is -2.32. The number of pyridine rings is 1. The maximum absolute atomic E-state index is 13.7. The SMILES string of the molecule is CCCC(C)Cc1ncc2c(=O)n(C3CCN(C(=O)CN(C)C)CC3)cc(C3CCC(O)CC3)c2n1. The van der Waals surface area contributed by atoms with E-state index in [1.165, 1.54) is 0 Å². The highest BCUT2D eigenvalue weighted by Gasteiger charge is 2.29. The average Bonchev–Trinajstić information content (AvgIpc) is 2.85. The molecule has 1 unspecified atom stereocenters. The van der Waals surface area contributed by atoms with Crippen LogP contribution in [0.2, 0.25) is 0 Å². The predicted molar refractivity (Wildman–Crippen MR) is 142 cm³/mol. The molecule has 1 saturated carbocycles. The zero-order chi connectivity index (χ0) is 25.8. The number of nitrogens with zero attached hydrogens (tertiary/aromatic N) is 5. The van der Waals surface area contributed by atoms with Gasteiger partial charge in [-0.25, -0.2) is 9.97 Å². The second kappa shape index (κ2) is 11.8. The third kappa shape index (κ3) is 6.14. The van der Waals surface area contributed by atoms with Crippen molar-refractivity contribution in [2.24, 2.45) is 5.92 Å². The second-order valence-corrected chi connectivity index (χ2v) is 11.3. The van der Waals surface area contributed by atoms with Gasteiger partial charge in [0.25, 0.3) is 5.56 Å². The van der Waals surface area contributed by atoms with E-state index < -0.39 is 0 Å². The molecule has 36 heavy (non-hydrogen) atoms. The van der Waals surface area contributed by atoms with Crippen molar-refractivity contribution in [1.82, 2.24) is 24.3 Å². The molecule has 0 spiro atoms. The van der Waals surface area contributed by atoms with Gasteiger partial charge < -0.3 is 19.5 Å². The Morgan fingerprint density at radius 2 is 1.86 bits per heavy atom. The molecule has 2 aliphatic rings. The molecule has 2 aromatic heterocycles. The zero-order valence-corrected chi connectivity index (χ0v) is 22.4. The molecule has 1 saturated heterocycles. The standard InChI is InChI=1S/C28H43N5O3/c1-5-6-19(2)15-25-29-16-23-27(30-25)24(20-7-9-22(34)10-8-20)17-33(28(23)36)21-11-13-32(14-12-21)26(35)18-31(3)4/h16-17,19-22,34H,5-15,18H2,1-4H3. The van der Waals surface area contributed by atoms with Gasteiger partial charge >= 0.3 is 0 Å². The van der Waals surface area contributed by atoms with Gasteiger partial charge in [0.05, 0.1) is 23.6 Å². The zero-order valence-electron chi connectivity index (χ0n) is 22.4. The summed E-state index contributed by atoms with van der Waals surface area (Å²) in [7, 11) is 3.81. The molecule has 1 aliphatic carbocycles. The number of carbonyl (C=O) groups is 1. The number of amides is 1. The highest BCUT2D eigenvalue weighted by molar-refractivity contribution is 5.80. The van der Waals surface area contributed by atoms with Crippen LogP contribution in [0, 0.1) is 5.92 Å². The number of aliphatic hydroxyl groups excluding tert-OH is 1. The quantitative estimate of drug-likeness (QED) is 0.600. The van der Waals surface area contributed by atoms with Crippen molar-refractivity contribution in [3.05, 3.63) is 34.1 Å². The summed E-state index contributed by atoms with van der Waals surface area (Å²) in [4.78, 5) is 39.6. The second-order valence-electron chi connectivity index (χ2n) is 11.3. The molecule has 0 aromatic carbocycles. The van der Waals surface area contributed by atoms with Crippen LogP contribution >= 0.6 is 0 Å². The molecule has 8 nitrogen and oxygen atoms in total. The molecule has 198 valence electrons. The fraction of sp³-hybridized carbons (Fsp3) is 0.714. The summed E-state index contributed by atoms with van der Waals surface area (Å²) >= 11 is 0. The van der Waals surface area contributed by atoms with Crippen LogP contribution in [0.3, 0.4) is 0 Å². The van der Waals surface area contributed by atoms with Crippen molar-refractivity contribution in [2.75, 3.05) is 33.7 Å². The van der Waals surface area contributed by atoms with Gasteiger partial charge in [-0.2, -0.15) is 0 Å². The Bertz CT molecular complexity index is 1100. The fourth-order valence-corrected chi connectivity index (χ4v) is 5.93. The lowest BCUT2D eigenvalue weighted by atomic mass is 9.82. The molecule has 0 radical (unpaired) electrons. The normalized spacial score (nSPS) is 22.3. The summed E-state index contributed by atoms with van der Waals surface area (Å²) in [5.74, 6) is 1.73. The Labute approximate surface area is 214 Å². The number of carbonyl (C=O) groups excluding carboxylic acids is 1. The minimum Gasteiger partial charge on any atom is -0.393 e. The number of hydrogen-bond acceptors (Lipinski definition) is 6. The number of aliphatic hydroxyl groups is 1. The average molecular weight is 498 g/mol. The summed E-state index contributed by atoms with van der Waals surface area (Å²) in [6.07, 6.45) is 11.5. The minimum atomic E-state index is -0.234. The third-order valence-electron chi connectivity index (χ3n) is 7.97. The van der Waals surface area contributed by atoms with Gasteiger partial charge in [0.1, 0.15) is 5.82 Å². The highest BCUT2D eigenvalue weighted by Crippen LogP contribution is 2.36. The summed E-state index contributed by atoms with van der Waals surface area (Å²) in [6, 6.07) is 0.0579. The van der Waals surface area contributed by atoms with E-state index in [1.807, 2.05) is 28.5 Å². The molecule has 2 aromatic rings. The molecular formula is C28H43N5O3. The molecule has 1 amide bonds. The highest BCUT2D eigenvalue weighted by atomic mass is 16.3. The number of rotatable bonds is 8. The largest absolute Gasteiger partial charge is 0.393 e. The number of hydrogen-bond donors (Lipinski definition) is 1. The fourth-order valence-electron chi connectivity index (χ4n) is 5.93. The van der Waals surface area contributed by atoms with E-state index in [1.54, 1.807) is 6.20 Å². The number of fused-ring (bicyclic) bond motifs is 1. The topological polar surface area (TPSA) is 91.6 Å². The number of aromatic nitrogens is 3. The van der Waals surface area contributed by atoms with Gasteiger partial charge in [-0.3, -0.25) is 9.59 Å². The van der Waals surface area contributed by atoms with Crippen LogP contribution < -0.4 is 5.56 Å². The van der Waals surface area contributed by atoms with Crippen LogP contribution in [0.1, 0.15) is 88.6 Å². The van der Waals surface area contributed by atoms with Gasteiger partial charge in [-0.1, -0.05) is 26.7 Å². The minimum absolute atomic E-state index is 0.0316. The maximum atomic E-state index is 13.7. The van der Waals surface area contributed by atoms with E-state index in [0.29, 0.717) is 30.9 Å². The Morgan fingerprint density at radius 3 is 2.50 bits per heavy atom. The van der Waals surface area contributed by atoms with Crippen LogP contribution in [-0.2, 0) is 11.2 Å². The maximum Gasteiger partial charge on any atom is 0.261 e. The molecule has 1 N–H and O–H groups in total. The molecule has 4 rings (SSSR count). The van der Waals surface area contributed by atoms with Crippen molar-refractivity contribution < 1.29 is 9.90 Å². The van der Waals surface area contributed by atoms with E-state index in [4.69, 9.17) is 4.98 Å². The van der Waals surface area contributed by atoms with Gasteiger partial charge in [0, 0.05) is 37.9 Å². The summed E-state index contributed by atoms with van der Waals surface area (Å²) < 4.78 is 1.90. The first-order valence-corrected chi connectivity index (χ1v) is 13.8. The molecule has 3 heterocycles. The first-order valence-electron chi connectivity index (χ1n) is 13.8. The first-order chi connectivity index (χ1) is 17.3. The smallest absolute Gasteiger partial charge is 0.261 e. The first kappa shape index (κ1) is 26.7. The Balaban J connectivity index is 1.66. The van der Waals surface area contributed by atoms with Crippen molar-refractivity contribution in [3.63, 3.8) is 0 Å². The van der Waals surface area contributed by atoms with Gasteiger partial charge in [-0.05, 0) is 70.0 Å². The summed E-state index contributed by atoms with van der Waals surface area (Å²) in [5, 5.41) is 10.7.